The summed E-state index contributed by atoms with van der Waals surface area (Å²) in [6, 6.07) is 26.1. The van der Waals surface area contributed by atoms with Gasteiger partial charge in [-0.3, -0.25) is 4.90 Å². The number of urea groups is 1. The van der Waals surface area contributed by atoms with E-state index in [1.807, 2.05) is 54.6 Å². The van der Waals surface area contributed by atoms with Gasteiger partial charge in [0, 0.05) is 9.79 Å². The molecule has 4 heteroatoms. The van der Waals surface area contributed by atoms with Crippen molar-refractivity contribution in [2.45, 2.75) is 29.2 Å². The monoisotopic (exact) mass is 360 g/mol. The van der Waals surface area contributed by atoms with Crippen LogP contribution in [-0.4, -0.2) is 6.03 Å². The highest BCUT2D eigenvalue weighted by Gasteiger charge is 2.29. The van der Waals surface area contributed by atoms with Gasteiger partial charge in [-0.1, -0.05) is 73.3 Å². The summed E-state index contributed by atoms with van der Waals surface area (Å²) >= 11 is 1.70. The van der Waals surface area contributed by atoms with E-state index in [9.17, 15) is 4.79 Å². The predicted octanol–water partition coefficient (Wildman–Crippen LogP) is 6.15. The molecule has 3 aromatic rings. The van der Waals surface area contributed by atoms with E-state index >= 15 is 0 Å². The highest BCUT2D eigenvalue weighted by atomic mass is 32.2. The molecule has 0 aliphatic carbocycles. The Hall–Kier alpha value is -2.72. The molecule has 3 nitrogen and oxygen atoms in total. The molecule has 0 aromatic heterocycles. The average molecular weight is 360 g/mol. The van der Waals surface area contributed by atoms with Crippen LogP contribution in [0.4, 0.5) is 16.2 Å². The molecule has 0 fully saturated rings. The number of anilines is 2. The first kappa shape index (κ1) is 16.7. The molecule has 0 spiro atoms. The third-order valence-corrected chi connectivity index (χ3v) is 5.67. The Balaban J connectivity index is 1.69. The van der Waals surface area contributed by atoms with Crippen molar-refractivity contribution >= 4 is 29.2 Å². The van der Waals surface area contributed by atoms with Crippen molar-refractivity contribution in [3.8, 4) is 0 Å². The lowest BCUT2D eigenvalue weighted by Gasteiger charge is -2.32. The van der Waals surface area contributed by atoms with Crippen LogP contribution in [0.3, 0.4) is 0 Å². The molecule has 1 heterocycles. The van der Waals surface area contributed by atoms with Gasteiger partial charge in [-0.15, -0.1) is 0 Å². The summed E-state index contributed by atoms with van der Waals surface area (Å²) in [6.45, 7) is 2.09. The van der Waals surface area contributed by atoms with Crippen LogP contribution in [0.15, 0.2) is 88.7 Å². The van der Waals surface area contributed by atoms with E-state index in [2.05, 4.69) is 36.5 Å². The number of hydrogen-bond acceptors (Lipinski definition) is 2. The van der Waals surface area contributed by atoms with Crippen LogP contribution in [0.25, 0.3) is 0 Å². The zero-order valence-electron chi connectivity index (χ0n) is 14.6. The largest absolute Gasteiger partial charge is 0.331 e. The minimum Gasteiger partial charge on any atom is -0.331 e. The van der Waals surface area contributed by atoms with Gasteiger partial charge in [-0.2, -0.15) is 0 Å². The third kappa shape index (κ3) is 3.08. The normalized spacial score (nSPS) is 13.5. The number of hydrogen-bond donors (Lipinski definition) is 1. The van der Waals surface area contributed by atoms with Crippen LogP contribution in [0.5, 0.6) is 0 Å². The molecule has 1 aliphatic heterocycles. The number of rotatable bonds is 3. The van der Waals surface area contributed by atoms with Gasteiger partial charge >= 0.3 is 6.03 Å². The molecular formula is C22H20N2OS. The minimum atomic E-state index is -0.0964. The highest BCUT2D eigenvalue weighted by molar-refractivity contribution is 7.99. The van der Waals surface area contributed by atoms with E-state index in [4.69, 9.17) is 0 Å². The quantitative estimate of drug-likeness (QED) is 0.607. The van der Waals surface area contributed by atoms with Crippen LogP contribution in [0, 0.1) is 0 Å². The lowest BCUT2D eigenvalue weighted by molar-refractivity contribution is 0.244. The van der Waals surface area contributed by atoms with Gasteiger partial charge in [-0.05, 0) is 36.2 Å². The van der Waals surface area contributed by atoms with Gasteiger partial charge in [0.2, 0.25) is 0 Å². The SMILES string of the molecule is CCC(NC(=O)N1c2ccccc2Sc2ccccc21)c1ccccc1. The Bertz CT molecular complexity index is 881. The first-order valence-corrected chi connectivity index (χ1v) is 9.61. The molecule has 0 saturated heterocycles. The number of benzene rings is 3. The Morgan fingerprint density at radius 1 is 0.885 bits per heavy atom. The Kier molecular flexibility index (Phi) is 4.67. The van der Waals surface area contributed by atoms with Crippen molar-refractivity contribution in [3.05, 3.63) is 84.4 Å². The maximum Gasteiger partial charge on any atom is 0.327 e. The molecule has 2 amide bonds. The third-order valence-electron chi connectivity index (χ3n) is 4.54. The predicted molar refractivity (Wildman–Crippen MR) is 107 cm³/mol. The second-order valence-corrected chi connectivity index (χ2v) is 7.28. The number of fused-ring (bicyclic) bond motifs is 2. The number of carbonyl (C=O) groups excluding carboxylic acids is 1. The number of para-hydroxylation sites is 2. The summed E-state index contributed by atoms with van der Waals surface area (Å²) in [5.74, 6) is 0. The van der Waals surface area contributed by atoms with E-state index in [1.165, 1.54) is 0 Å². The smallest absolute Gasteiger partial charge is 0.327 e. The van der Waals surface area contributed by atoms with Crippen LogP contribution < -0.4 is 10.2 Å². The Morgan fingerprint density at radius 3 is 2.00 bits per heavy atom. The van der Waals surface area contributed by atoms with Crippen LogP contribution in [-0.2, 0) is 0 Å². The molecule has 3 aromatic carbocycles. The second kappa shape index (κ2) is 7.26. The molecule has 0 saturated carbocycles. The maximum absolute atomic E-state index is 13.3. The van der Waals surface area contributed by atoms with E-state index in [0.717, 1.165) is 33.2 Å². The molecule has 1 unspecified atom stereocenters. The van der Waals surface area contributed by atoms with Crippen molar-refractivity contribution in [1.29, 1.82) is 0 Å². The fraction of sp³-hybridized carbons (Fsp3) is 0.136. The zero-order chi connectivity index (χ0) is 17.9. The molecule has 0 bridgehead atoms. The number of carbonyl (C=O) groups is 1. The minimum absolute atomic E-state index is 0.0161. The van der Waals surface area contributed by atoms with Crippen molar-refractivity contribution < 1.29 is 4.79 Å². The van der Waals surface area contributed by atoms with Gasteiger partial charge in [-0.25, -0.2) is 4.79 Å². The fourth-order valence-corrected chi connectivity index (χ4v) is 4.30. The van der Waals surface area contributed by atoms with Crippen molar-refractivity contribution in [3.63, 3.8) is 0 Å². The first-order chi connectivity index (χ1) is 12.8. The van der Waals surface area contributed by atoms with E-state index in [1.54, 1.807) is 16.7 Å². The lowest BCUT2D eigenvalue weighted by Crippen LogP contribution is -2.40. The summed E-state index contributed by atoms with van der Waals surface area (Å²) in [6.07, 6.45) is 0.835. The average Bonchev–Trinajstić information content (AvgIpc) is 2.70. The molecule has 4 rings (SSSR count). The standard InChI is InChI=1S/C22H20N2OS/c1-2-17(16-10-4-3-5-11-16)23-22(25)24-18-12-6-8-14-20(18)26-21-15-9-7-13-19(21)24/h3-15,17H,2H2,1H3,(H,23,25). The van der Waals surface area contributed by atoms with Crippen molar-refractivity contribution in [2.24, 2.45) is 0 Å². The molecule has 26 heavy (non-hydrogen) atoms. The van der Waals surface area contributed by atoms with Gasteiger partial charge in [0.05, 0.1) is 17.4 Å². The van der Waals surface area contributed by atoms with Crippen molar-refractivity contribution in [1.82, 2.24) is 5.32 Å². The van der Waals surface area contributed by atoms with Crippen LogP contribution >= 0.6 is 11.8 Å². The van der Waals surface area contributed by atoms with Crippen LogP contribution in [0.1, 0.15) is 24.9 Å². The maximum atomic E-state index is 13.3. The molecular weight excluding hydrogens is 340 g/mol. The Morgan fingerprint density at radius 2 is 1.42 bits per heavy atom. The van der Waals surface area contributed by atoms with Gasteiger partial charge in [0.1, 0.15) is 0 Å². The number of nitrogens with one attached hydrogen (secondary N) is 1. The molecule has 1 aliphatic rings. The van der Waals surface area contributed by atoms with E-state index < -0.39 is 0 Å². The molecule has 0 radical (unpaired) electrons. The number of amides is 2. The van der Waals surface area contributed by atoms with E-state index in [-0.39, 0.29) is 12.1 Å². The summed E-state index contributed by atoms with van der Waals surface area (Å²) in [7, 11) is 0. The van der Waals surface area contributed by atoms with Gasteiger partial charge in [0.25, 0.3) is 0 Å². The Labute approximate surface area is 158 Å². The lowest BCUT2D eigenvalue weighted by atomic mass is 10.1. The molecule has 1 atom stereocenters. The molecule has 130 valence electrons. The summed E-state index contributed by atoms with van der Waals surface area (Å²) in [5, 5.41) is 3.21. The highest BCUT2D eigenvalue weighted by Crippen LogP contribution is 2.47. The van der Waals surface area contributed by atoms with E-state index in [0.29, 0.717) is 0 Å². The first-order valence-electron chi connectivity index (χ1n) is 8.79. The summed E-state index contributed by atoms with van der Waals surface area (Å²) in [5.41, 5.74) is 2.98. The summed E-state index contributed by atoms with van der Waals surface area (Å²) < 4.78 is 0. The van der Waals surface area contributed by atoms with Gasteiger partial charge in [0.15, 0.2) is 0 Å². The fourth-order valence-electron chi connectivity index (χ4n) is 3.24. The topological polar surface area (TPSA) is 32.3 Å². The summed E-state index contributed by atoms with van der Waals surface area (Å²) in [4.78, 5) is 17.3. The van der Waals surface area contributed by atoms with Gasteiger partial charge < -0.3 is 5.32 Å². The van der Waals surface area contributed by atoms with Crippen LogP contribution in [0.2, 0.25) is 0 Å². The molecule has 1 N–H and O–H groups in total. The van der Waals surface area contributed by atoms with Crippen molar-refractivity contribution in [2.75, 3.05) is 4.90 Å². The number of nitrogens with zero attached hydrogens (tertiary/aromatic N) is 1. The second-order valence-electron chi connectivity index (χ2n) is 6.19. The zero-order valence-corrected chi connectivity index (χ0v) is 15.4.